The summed E-state index contributed by atoms with van der Waals surface area (Å²) in [5.74, 6) is -2.87. The molecule has 0 spiro atoms. The summed E-state index contributed by atoms with van der Waals surface area (Å²) in [7, 11) is 0. The van der Waals surface area contributed by atoms with Crippen LogP contribution in [0.3, 0.4) is 0 Å². The molecule has 1 unspecified atom stereocenters. The average molecular weight is 613 g/mol. The summed E-state index contributed by atoms with van der Waals surface area (Å²) in [6, 6.07) is 13.7. The van der Waals surface area contributed by atoms with Gasteiger partial charge in [-0.1, -0.05) is 59.1 Å². The number of aromatic nitrogens is 5. The molecule has 2 aliphatic rings. The highest BCUT2D eigenvalue weighted by Gasteiger charge is 2.44. The van der Waals surface area contributed by atoms with E-state index in [0.29, 0.717) is 27.3 Å². The summed E-state index contributed by atoms with van der Waals surface area (Å²) >= 11 is 2.61. The number of anilines is 3. The van der Waals surface area contributed by atoms with Crippen molar-refractivity contribution in [3.63, 3.8) is 0 Å². The molecular weight excluding hydrogens is 586 g/mol. The molecule has 6 rings (SSSR count). The number of nitrogens with zero attached hydrogens (tertiary/aromatic N) is 6. The fourth-order valence-corrected chi connectivity index (χ4v) is 6.84. The van der Waals surface area contributed by atoms with E-state index in [-0.39, 0.29) is 37.3 Å². The summed E-state index contributed by atoms with van der Waals surface area (Å²) in [5.41, 5.74) is 0.972. The third-order valence-electron chi connectivity index (χ3n) is 7.15. The molecule has 1 saturated carbocycles. The fraction of sp³-hybridized carbons (Fsp3) is 0.370. The van der Waals surface area contributed by atoms with E-state index < -0.39 is 17.9 Å². The van der Waals surface area contributed by atoms with Crippen LogP contribution in [0.4, 0.5) is 24.9 Å². The zero-order valence-corrected chi connectivity index (χ0v) is 23.7. The van der Waals surface area contributed by atoms with Gasteiger partial charge < -0.3 is 15.3 Å². The van der Waals surface area contributed by atoms with Gasteiger partial charge in [0, 0.05) is 11.8 Å². The molecule has 218 valence electrons. The highest BCUT2D eigenvalue weighted by atomic mass is 32.1. The lowest BCUT2D eigenvalue weighted by atomic mass is 10.1. The van der Waals surface area contributed by atoms with Gasteiger partial charge in [-0.15, -0.1) is 20.4 Å². The Morgan fingerprint density at radius 1 is 0.929 bits per heavy atom. The molecule has 42 heavy (non-hydrogen) atoms. The van der Waals surface area contributed by atoms with Crippen LogP contribution in [0.2, 0.25) is 0 Å². The fourth-order valence-electron chi connectivity index (χ4n) is 5.03. The topological polar surface area (TPSA) is 146 Å². The Morgan fingerprint density at radius 3 is 2.21 bits per heavy atom. The average Bonchev–Trinajstić information content (AvgIpc) is 3.73. The summed E-state index contributed by atoms with van der Waals surface area (Å²) in [6.07, 6.45) is 1.20. The Hall–Kier alpha value is -3.95. The van der Waals surface area contributed by atoms with Crippen LogP contribution in [-0.2, 0) is 16.0 Å². The standard InChI is InChI=1S/C27H26F2N8O3S2/c28-27(29)13-37(14-27)19-8-4-7-18(30-19)12-20(38)31-25-35-33-23(41-25)16-9-10-17(11-16)24-34-36-26(42-24)32-22(40)21(39)15-5-2-1-3-6-15/h1-8,16-17,21,39H,9-14H2,(H,31,35,38)(H,32,36,40)/t16-,17-,21?/m0/s1. The SMILES string of the molecule is O=C(Cc1cccc(N2CC(F)(F)C2)n1)Nc1nnc([C@H]2CC[C@H](c3nnc(NC(=O)C(O)c4ccccc4)s3)C2)s1. The van der Waals surface area contributed by atoms with Crippen LogP contribution in [0, 0.1) is 0 Å². The zero-order chi connectivity index (χ0) is 29.3. The highest BCUT2D eigenvalue weighted by molar-refractivity contribution is 7.15. The quantitative estimate of drug-likeness (QED) is 0.254. The Morgan fingerprint density at radius 2 is 1.57 bits per heavy atom. The van der Waals surface area contributed by atoms with E-state index >= 15 is 0 Å². The minimum absolute atomic E-state index is 0.0171. The maximum Gasteiger partial charge on any atom is 0.282 e. The van der Waals surface area contributed by atoms with Crippen molar-refractivity contribution in [3.05, 3.63) is 69.8 Å². The molecule has 3 atom stereocenters. The molecule has 3 aromatic heterocycles. The lowest BCUT2D eigenvalue weighted by Crippen LogP contribution is -2.56. The van der Waals surface area contributed by atoms with Gasteiger partial charge in [-0.2, -0.15) is 0 Å². The number of carbonyl (C=O) groups excluding carboxylic acids is 2. The third kappa shape index (κ3) is 6.42. The Balaban J connectivity index is 1.000. The van der Waals surface area contributed by atoms with Crippen LogP contribution in [0.1, 0.15) is 58.5 Å². The molecular formula is C27H26F2N8O3S2. The van der Waals surface area contributed by atoms with Crippen molar-refractivity contribution >= 4 is 50.6 Å². The van der Waals surface area contributed by atoms with Gasteiger partial charge in [-0.25, -0.2) is 13.8 Å². The van der Waals surface area contributed by atoms with Crippen molar-refractivity contribution in [2.45, 2.75) is 49.5 Å². The van der Waals surface area contributed by atoms with E-state index in [1.54, 1.807) is 42.5 Å². The normalized spacial score (nSPS) is 20.1. The molecule has 1 saturated heterocycles. The molecule has 1 aromatic carbocycles. The highest BCUT2D eigenvalue weighted by Crippen LogP contribution is 2.45. The van der Waals surface area contributed by atoms with Crippen LogP contribution < -0.4 is 15.5 Å². The molecule has 2 amide bonds. The number of hydrogen-bond donors (Lipinski definition) is 3. The van der Waals surface area contributed by atoms with Crippen molar-refractivity contribution in [1.29, 1.82) is 0 Å². The first-order valence-electron chi connectivity index (χ1n) is 13.3. The predicted molar refractivity (Wildman–Crippen MR) is 153 cm³/mol. The second-order valence-electron chi connectivity index (χ2n) is 10.3. The summed E-state index contributed by atoms with van der Waals surface area (Å²) < 4.78 is 26.4. The number of amides is 2. The predicted octanol–water partition coefficient (Wildman–Crippen LogP) is 4.14. The van der Waals surface area contributed by atoms with Crippen molar-refractivity contribution < 1.29 is 23.5 Å². The molecule has 0 radical (unpaired) electrons. The maximum atomic E-state index is 13.2. The largest absolute Gasteiger partial charge is 0.378 e. The number of halogens is 2. The maximum absolute atomic E-state index is 13.2. The Labute approximate surface area is 247 Å². The summed E-state index contributed by atoms with van der Waals surface area (Å²) in [6.45, 7) is -0.748. The van der Waals surface area contributed by atoms with E-state index in [1.807, 2.05) is 6.07 Å². The number of rotatable bonds is 9. The van der Waals surface area contributed by atoms with Crippen LogP contribution in [0.15, 0.2) is 48.5 Å². The minimum Gasteiger partial charge on any atom is -0.378 e. The van der Waals surface area contributed by atoms with Crippen molar-refractivity contribution in [2.75, 3.05) is 28.6 Å². The lowest BCUT2D eigenvalue weighted by Gasteiger charge is -2.39. The van der Waals surface area contributed by atoms with Crippen LogP contribution in [0.25, 0.3) is 0 Å². The Kier molecular flexibility index (Phi) is 7.88. The first kappa shape index (κ1) is 28.2. The number of benzene rings is 1. The number of hydrogen-bond acceptors (Lipinski definition) is 11. The van der Waals surface area contributed by atoms with E-state index in [9.17, 15) is 23.5 Å². The van der Waals surface area contributed by atoms with Crippen LogP contribution >= 0.6 is 22.7 Å². The number of aliphatic hydroxyl groups is 1. The van der Waals surface area contributed by atoms with Gasteiger partial charge in [0.1, 0.15) is 15.8 Å². The second-order valence-corrected chi connectivity index (χ2v) is 12.3. The molecule has 0 bridgehead atoms. The van der Waals surface area contributed by atoms with Gasteiger partial charge in [-0.05, 0) is 37.0 Å². The number of carbonyl (C=O) groups is 2. The van der Waals surface area contributed by atoms with Gasteiger partial charge in [0.05, 0.1) is 25.2 Å². The molecule has 4 heterocycles. The number of aliphatic hydroxyl groups excluding tert-OH is 1. The van der Waals surface area contributed by atoms with E-state index in [2.05, 4.69) is 36.0 Å². The third-order valence-corrected chi connectivity index (χ3v) is 9.16. The molecule has 15 heteroatoms. The molecule has 4 aromatic rings. The van der Waals surface area contributed by atoms with Crippen molar-refractivity contribution in [2.24, 2.45) is 0 Å². The monoisotopic (exact) mass is 612 g/mol. The number of nitrogens with one attached hydrogen (secondary N) is 2. The van der Waals surface area contributed by atoms with Gasteiger partial charge in [0.25, 0.3) is 11.8 Å². The van der Waals surface area contributed by atoms with E-state index in [1.165, 1.54) is 27.6 Å². The van der Waals surface area contributed by atoms with Crippen molar-refractivity contribution in [3.8, 4) is 0 Å². The van der Waals surface area contributed by atoms with Crippen molar-refractivity contribution in [1.82, 2.24) is 25.4 Å². The first-order valence-corrected chi connectivity index (χ1v) is 14.9. The minimum atomic E-state index is -2.70. The summed E-state index contributed by atoms with van der Waals surface area (Å²) in [5, 5.41) is 34.8. The molecule has 1 aliphatic carbocycles. The summed E-state index contributed by atoms with van der Waals surface area (Å²) in [4.78, 5) is 30.9. The molecule has 1 aliphatic heterocycles. The van der Waals surface area contributed by atoms with E-state index in [4.69, 9.17) is 0 Å². The van der Waals surface area contributed by atoms with E-state index in [0.717, 1.165) is 29.3 Å². The molecule has 2 fully saturated rings. The van der Waals surface area contributed by atoms with Gasteiger partial charge in [-0.3, -0.25) is 14.9 Å². The second kappa shape index (κ2) is 11.7. The van der Waals surface area contributed by atoms with Crippen LogP contribution in [-0.4, -0.2) is 61.3 Å². The number of alkyl halides is 2. The first-order chi connectivity index (χ1) is 20.2. The van der Waals surface area contributed by atoms with Crippen LogP contribution in [0.5, 0.6) is 0 Å². The lowest BCUT2D eigenvalue weighted by molar-refractivity contribution is -0.124. The van der Waals surface area contributed by atoms with Gasteiger partial charge >= 0.3 is 0 Å². The smallest absolute Gasteiger partial charge is 0.282 e. The zero-order valence-electron chi connectivity index (χ0n) is 22.1. The van der Waals surface area contributed by atoms with Gasteiger partial charge in [0.15, 0.2) is 6.10 Å². The number of pyridine rings is 1. The molecule has 3 N–H and O–H groups in total. The molecule has 11 nitrogen and oxygen atoms in total. The Bertz CT molecular complexity index is 1580. The van der Waals surface area contributed by atoms with Gasteiger partial charge in [0.2, 0.25) is 16.2 Å².